The zero-order valence-corrected chi connectivity index (χ0v) is 13.6. The highest BCUT2D eigenvalue weighted by atomic mass is 32.2. The van der Waals surface area contributed by atoms with E-state index in [1.54, 1.807) is 23.1 Å². The average molecular weight is 334 g/mol. The molecule has 2 N–H and O–H groups in total. The summed E-state index contributed by atoms with van der Waals surface area (Å²) in [5, 5.41) is 19.0. The van der Waals surface area contributed by atoms with E-state index in [1.807, 2.05) is 17.5 Å². The van der Waals surface area contributed by atoms with Crippen molar-refractivity contribution in [2.45, 2.75) is 36.0 Å². The van der Waals surface area contributed by atoms with Crippen LogP contribution in [-0.2, 0) is 9.59 Å². The monoisotopic (exact) mass is 334 g/mol. The van der Waals surface area contributed by atoms with Crippen LogP contribution >= 0.6 is 34.9 Å². The molecule has 0 aliphatic heterocycles. The minimum atomic E-state index is -1.08. The van der Waals surface area contributed by atoms with Crippen LogP contribution in [-0.4, -0.2) is 33.2 Å². The Morgan fingerprint density at radius 1 is 1.40 bits per heavy atom. The van der Waals surface area contributed by atoms with Gasteiger partial charge in [-0.1, -0.05) is 19.4 Å². The maximum atomic E-state index is 11.2. The van der Waals surface area contributed by atoms with Crippen LogP contribution in [0.25, 0.3) is 0 Å². The molecular weight excluding hydrogens is 316 g/mol. The zero-order valence-electron chi connectivity index (χ0n) is 11.2. The molecule has 0 bridgehead atoms. The summed E-state index contributed by atoms with van der Waals surface area (Å²) in [6.07, 6.45) is 1.81. The average Bonchev–Trinajstić information content (AvgIpc) is 2.89. The van der Waals surface area contributed by atoms with Gasteiger partial charge in [0, 0.05) is 4.88 Å². The van der Waals surface area contributed by atoms with Gasteiger partial charge in [-0.05, 0) is 23.6 Å². The predicted octanol–water partition coefficient (Wildman–Crippen LogP) is 3.94. The Hall–Kier alpha value is -0.660. The first-order chi connectivity index (χ1) is 9.54. The molecule has 2 unspecified atom stereocenters. The van der Waals surface area contributed by atoms with Crippen molar-refractivity contribution >= 4 is 46.8 Å². The first kappa shape index (κ1) is 17.4. The van der Waals surface area contributed by atoms with Gasteiger partial charge in [0.2, 0.25) is 0 Å². The fourth-order valence-corrected chi connectivity index (χ4v) is 5.52. The molecule has 20 heavy (non-hydrogen) atoms. The van der Waals surface area contributed by atoms with Crippen LogP contribution in [0.5, 0.6) is 0 Å². The van der Waals surface area contributed by atoms with Gasteiger partial charge < -0.3 is 10.2 Å². The summed E-state index contributed by atoms with van der Waals surface area (Å²) < 4.78 is -0.0120. The Morgan fingerprint density at radius 2 is 2.15 bits per heavy atom. The number of aliphatic carboxylic acids is 2. The molecule has 0 aromatic carbocycles. The molecule has 7 heteroatoms. The third-order valence-corrected chi connectivity index (χ3v) is 6.72. The van der Waals surface area contributed by atoms with E-state index >= 15 is 0 Å². The largest absolute Gasteiger partial charge is 0.481 e. The molecule has 1 rings (SSSR count). The molecule has 0 saturated heterocycles. The van der Waals surface area contributed by atoms with E-state index in [0.29, 0.717) is 0 Å². The Morgan fingerprint density at radius 3 is 2.65 bits per heavy atom. The highest BCUT2D eigenvalue weighted by Crippen LogP contribution is 2.44. The van der Waals surface area contributed by atoms with Gasteiger partial charge >= 0.3 is 11.9 Å². The third-order valence-electron chi connectivity index (χ3n) is 2.47. The molecule has 0 aliphatic rings. The first-order valence-electron chi connectivity index (χ1n) is 6.29. The summed E-state index contributed by atoms with van der Waals surface area (Å²) in [6.45, 7) is 2.11. The smallest absolute Gasteiger partial charge is 0.317 e. The van der Waals surface area contributed by atoms with Crippen molar-refractivity contribution in [2.24, 2.45) is 0 Å². The minimum absolute atomic E-state index is 0.0120. The molecule has 1 heterocycles. The van der Waals surface area contributed by atoms with Gasteiger partial charge in [-0.25, -0.2) is 0 Å². The summed E-state index contributed by atoms with van der Waals surface area (Å²) in [4.78, 5) is 23.0. The maximum Gasteiger partial charge on any atom is 0.317 e. The second kappa shape index (κ2) is 9.31. The zero-order chi connectivity index (χ0) is 15.0. The van der Waals surface area contributed by atoms with Crippen molar-refractivity contribution in [1.29, 1.82) is 0 Å². The molecule has 0 saturated carbocycles. The molecule has 4 nitrogen and oxygen atoms in total. The van der Waals surface area contributed by atoms with Gasteiger partial charge in [0.15, 0.2) is 0 Å². The normalized spacial score (nSPS) is 13.8. The Labute approximate surface area is 131 Å². The van der Waals surface area contributed by atoms with Gasteiger partial charge in [-0.3, -0.25) is 9.59 Å². The van der Waals surface area contributed by atoms with Crippen molar-refractivity contribution in [2.75, 3.05) is 5.75 Å². The minimum Gasteiger partial charge on any atom is -0.481 e. The lowest BCUT2D eigenvalue weighted by atomic mass is 10.3. The van der Waals surface area contributed by atoms with Crippen LogP contribution < -0.4 is 0 Å². The van der Waals surface area contributed by atoms with Crippen molar-refractivity contribution in [3.63, 3.8) is 0 Å². The predicted molar refractivity (Wildman–Crippen MR) is 85.7 cm³/mol. The number of hydrogen-bond donors (Lipinski definition) is 2. The lowest BCUT2D eigenvalue weighted by Crippen LogP contribution is -2.21. The fourth-order valence-electron chi connectivity index (χ4n) is 1.45. The summed E-state index contributed by atoms with van der Waals surface area (Å²) in [5.74, 6) is -1.19. The van der Waals surface area contributed by atoms with Crippen LogP contribution in [0, 0.1) is 0 Å². The second-order valence-electron chi connectivity index (χ2n) is 4.13. The SMILES string of the molecule is CCCCSC(SC(CC(=O)O)C(=O)O)c1cccs1. The van der Waals surface area contributed by atoms with E-state index in [0.717, 1.165) is 23.5 Å². The number of hydrogen-bond acceptors (Lipinski definition) is 5. The molecule has 1 aromatic heterocycles. The molecule has 0 aliphatic carbocycles. The number of thiophene rings is 1. The van der Waals surface area contributed by atoms with E-state index in [9.17, 15) is 9.59 Å². The van der Waals surface area contributed by atoms with E-state index in [2.05, 4.69) is 6.92 Å². The molecule has 1 aromatic rings. The highest BCUT2D eigenvalue weighted by molar-refractivity contribution is 8.17. The lowest BCUT2D eigenvalue weighted by molar-refractivity contribution is -0.142. The van der Waals surface area contributed by atoms with Crippen molar-refractivity contribution in [3.8, 4) is 0 Å². The third kappa shape index (κ3) is 6.19. The molecular formula is C13H18O4S3. The van der Waals surface area contributed by atoms with Crippen LogP contribution in [0.15, 0.2) is 17.5 Å². The topological polar surface area (TPSA) is 74.6 Å². The van der Waals surface area contributed by atoms with Gasteiger partial charge in [-0.2, -0.15) is 0 Å². The maximum absolute atomic E-state index is 11.2. The summed E-state index contributed by atoms with van der Waals surface area (Å²) in [6, 6.07) is 3.90. The fraction of sp³-hybridized carbons (Fsp3) is 0.538. The van der Waals surface area contributed by atoms with E-state index in [1.165, 1.54) is 11.8 Å². The quantitative estimate of drug-likeness (QED) is 0.498. The summed E-state index contributed by atoms with van der Waals surface area (Å²) >= 11 is 4.50. The lowest BCUT2D eigenvalue weighted by Gasteiger charge is -2.18. The van der Waals surface area contributed by atoms with Crippen LogP contribution in [0.4, 0.5) is 0 Å². The Bertz CT molecular complexity index is 419. The first-order valence-corrected chi connectivity index (χ1v) is 9.16. The van der Waals surface area contributed by atoms with Gasteiger partial charge in [0.25, 0.3) is 0 Å². The Kier molecular flexibility index (Phi) is 8.09. The van der Waals surface area contributed by atoms with E-state index in [-0.39, 0.29) is 11.0 Å². The number of thioether (sulfide) groups is 2. The van der Waals surface area contributed by atoms with Gasteiger partial charge in [0.05, 0.1) is 11.0 Å². The molecule has 0 fully saturated rings. The molecule has 0 radical (unpaired) electrons. The number of carboxylic acids is 2. The van der Waals surface area contributed by atoms with Gasteiger partial charge in [0.1, 0.15) is 5.25 Å². The molecule has 0 spiro atoms. The van der Waals surface area contributed by atoms with Crippen LogP contribution in [0.2, 0.25) is 0 Å². The highest BCUT2D eigenvalue weighted by Gasteiger charge is 2.27. The number of rotatable bonds is 10. The van der Waals surface area contributed by atoms with E-state index in [4.69, 9.17) is 10.2 Å². The summed E-state index contributed by atoms with van der Waals surface area (Å²) in [5.41, 5.74) is 0. The molecule has 2 atom stereocenters. The van der Waals surface area contributed by atoms with Crippen LogP contribution in [0.3, 0.4) is 0 Å². The number of unbranched alkanes of at least 4 members (excludes halogenated alkanes) is 1. The number of carbonyl (C=O) groups is 2. The van der Waals surface area contributed by atoms with Crippen molar-refractivity contribution in [3.05, 3.63) is 22.4 Å². The standard InChI is InChI=1S/C13H18O4S3/c1-2-3-6-19-13(9-5-4-7-18-9)20-10(12(16)17)8-11(14)15/h4-5,7,10,13H,2-3,6,8H2,1H3,(H,14,15)(H,16,17). The van der Waals surface area contributed by atoms with Crippen molar-refractivity contribution < 1.29 is 19.8 Å². The second-order valence-corrected chi connectivity index (χ2v) is 7.94. The van der Waals surface area contributed by atoms with Crippen LogP contribution in [0.1, 0.15) is 35.6 Å². The molecule has 0 amide bonds. The Balaban J connectivity index is 2.71. The van der Waals surface area contributed by atoms with Gasteiger partial charge in [-0.15, -0.1) is 34.9 Å². The van der Waals surface area contributed by atoms with E-state index < -0.39 is 17.2 Å². The van der Waals surface area contributed by atoms with Crippen molar-refractivity contribution in [1.82, 2.24) is 0 Å². The summed E-state index contributed by atoms with van der Waals surface area (Å²) in [7, 11) is 0. The molecule has 112 valence electrons. The number of carboxylic acid groups (broad SMARTS) is 2.